The fourth-order valence-corrected chi connectivity index (χ4v) is 6.41. The Bertz CT molecular complexity index is 964. The van der Waals surface area contributed by atoms with Crippen LogP contribution in [0.2, 0.25) is 10.0 Å². The second-order valence-corrected chi connectivity index (χ2v) is 10.8. The maximum absolute atomic E-state index is 13.3. The van der Waals surface area contributed by atoms with Crippen molar-refractivity contribution in [3.63, 3.8) is 0 Å². The first-order valence-electron chi connectivity index (χ1n) is 8.83. The van der Waals surface area contributed by atoms with E-state index in [1.165, 1.54) is 0 Å². The number of hydrogen-bond acceptors (Lipinski definition) is 6. The molecule has 0 saturated carbocycles. The molecule has 0 radical (unpaired) electrons. The van der Waals surface area contributed by atoms with E-state index in [1.807, 2.05) is 31.2 Å². The standard InChI is InChI=1S/C19H20Cl2NO4PS/c1-3-11-28-27(23,24-4-2)26-18(13-9-10-14(20)15(21)12-13)19-22-16-7-5-6-8-17(16)25-19/h5-10,12,18H,3-4,11H2,1-2H3. The van der Waals surface area contributed by atoms with E-state index in [4.69, 9.17) is 36.7 Å². The molecule has 1 aromatic heterocycles. The molecule has 2 atom stereocenters. The summed E-state index contributed by atoms with van der Waals surface area (Å²) in [5, 5.41) is 0.770. The van der Waals surface area contributed by atoms with Crippen LogP contribution in [0.25, 0.3) is 11.1 Å². The quantitative estimate of drug-likeness (QED) is 0.308. The van der Waals surface area contributed by atoms with Crippen LogP contribution in [0.3, 0.4) is 0 Å². The molecule has 3 aromatic rings. The summed E-state index contributed by atoms with van der Waals surface area (Å²) in [6.07, 6.45) is -0.0188. The lowest BCUT2D eigenvalue weighted by molar-refractivity contribution is 0.169. The molecular weight excluding hydrogens is 440 g/mol. The normalized spacial score (nSPS) is 14.9. The van der Waals surface area contributed by atoms with Crippen molar-refractivity contribution < 1.29 is 18.0 Å². The van der Waals surface area contributed by atoms with Gasteiger partial charge in [0.05, 0.1) is 16.7 Å². The van der Waals surface area contributed by atoms with Crippen molar-refractivity contribution in [1.29, 1.82) is 0 Å². The van der Waals surface area contributed by atoms with E-state index in [-0.39, 0.29) is 12.5 Å². The van der Waals surface area contributed by atoms with Gasteiger partial charge in [-0.15, -0.1) is 0 Å². The molecule has 0 aliphatic heterocycles. The Morgan fingerprint density at radius 1 is 1.18 bits per heavy atom. The molecule has 0 aliphatic rings. The van der Waals surface area contributed by atoms with Gasteiger partial charge in [0, 0.05) is 5.75 Å². The summed E-state index contributed by atoms with van der Waals surface area (Å²) >= 11 is 13.4. The molecular formula is C19H20Cl2NO4PS. The molecule has 9 heteroatoms. The first-order valence-corrected chi connectivity index (χ1v) is 12.7. The monoisotopic (exact) mass is 459 g/mol. The lowest BCUT2D eigenvalue weighted by Gasteiger charge is -2.22. The van der Waals surface area contributed by atoms with Gasteiger partial charge < -0.3 is 8.94 Å². The molecule has 3 rings (SSSR count). The number of rotatable bonds is 9. The summed E-state index contributed by atoms with van der Waals surface area (Å²) in [4.78, 5) is 4.51. The smallest absolute Gasteiger partial charge is 0.390 e. The SMILES string of the molecule is CCCSP(=O)(OCC)OC(c1ccc(Cl)c(Cl)c1)c1nc2ccccc2o1. The number of fused-ring (bicyclic) bond motifs is 1. The number of nitrogens with zero attached hydrogens (tertiary/aromatic N) is 1. The van der Waals surface area contributed by atoms with Crippen molar-refractivity contribution in [2.45, 2.75) is 26.4 Å². The van der Waals surface area contributed by atoms with E-state index >= 15 is 0 Å². The summed E-state index contributed by atoms with van der Waals surface area (Å²) in [6.45, 7) is 0.582. The molecule has 0 aliphatic carbocycles. The van der Waals surface area contributed by atoms with Gasteiger partial charge in [0.15, 0.2) is 11.7 Å². The van der Waals surface area contributed by atoms with Crippen molar-refractivity contribution in [3.8, 4) is 0 Å². The third-order valence-corrected chi connectivity index (χ3v) is 8.52. The Hall–Kier alpha value is -1.01. The zero-order valence-corrected chi connectivity index (χ0v) is 18.7. The minimum Gasteiger partial charge on any atom is -0.437 e. The average molecular weight is 460 g/mol. The lowest BCUT2D eigenvalue weighted by Crippen LogP contribution is -2.06. The molecule has 5 nitrogen and oxygen atoms in total. The summed E-state index contributed by atoms with van der Waals surface area (Å²) < 4.78 is 30.7. The highest BCUT2D eigenvalue weighted by Crippen LogP contribution is 2.63. The average Bonchev–Trinajstić information content (AvgIpc) is 3.11. The zero-order valence-electron chi connectivity index (χ0n) is 15.4. The maximum Gasteiger partial charge on any atom is 0.390 e. The van der Waals surface area contributed by atoms with Crippen LogP contribution in [-0.2, 0) is 13.6 Å². The molecule has 0 amide bonds. The number of hydrogen-bond donors (Lipinski definition) is 0. The highest BCUT2D eigenvalue weighted by molar-refractivity contribution is 8.55. The number of para-hydroxylation sites is 2. The largest absolute Gasteiger partial charge is 0.437 e. The molecule has 0 N–H and O–H groups in total. The summed E-state index contributed by atoms with van der Waals surface area (Å²) in [5.41, 5.74) is 1.91. The van der Waals surface area contributed by atoms with Gasteiger partial charge >= 0.3 is 6.80 Å². The number of halogens is 2. The van der Waals surface area contributed by atoms with Crippen LogP contribution in [0.15, 0.2) is 46.9 Å². The van der Waals surface area contributed by atoms with Crippen LogP contribution in [0, 0.1) is 0 Å². The van der Waals surface area contributed by atoms with Gasteiger partial charge in [-0.05, 0) is 54.6 Å². The summed E-state index contributed by atoms with van der Waals surface area (Å²) in [6, 6.07) is 12.4. The van der Waals surface area contributed by atoms with Gasteiger partial charge in [-0.2, -0.15) is 0 Å². The molecule has 0 fully saturated rings. The predicted octanol–water partition coefficient (Wildman–Crippen LogP) is 7.53. The zero-order chi connectivity index (χ0) is 20.1. The van der Waals surface area contributed by atoms with Crippen LogP contribution in [-0.4, -0.2) is 17.3 Å². The van der Waals surface area contributed by atoms with Crippen molar-refractivity contribution in [1.82, 2.24) is 4.98 Å². The molecule has 0 spiro atoms. The van der Waals surface area contributed by atoms with E-state index in [1.54, 1.807) is 25.1 Å². The van der Waals surface area contributed by atoms with Crippen molar-refractivity contribution in [3.05, 3.63) is 64.0 Å². The predicted molar refractivity (Wildman–Crippen MR) is 115 cm³/mol. The van der Waals surface area contributed by atoms with E-state index in [2.05, 4.69) is 4.98 Å². The molecule has 28 heavy (non-hydrogen) atoms. The van der Waals surface area contributed by atoms with Gasteiger partial charge in [0.1, 0.15) is 5.52 Å². The van der Waals surface area contributed by atoms with E-state index in [0.29, 0.717) is 32.5 Å². The highest BCUT2D eigenvalue weighted by atomic mass is 35.5. The minimum absolute atomic E-state index is 0.260. The summed E-state index contributed by atoms with van der Waals surface area (Å²) in [5.74, 6) is 0.912. The van der Waals surface area contributed by atoms with Gasteiger partial charge in [0.2, 0.25) is 5.89 Å². The van der Waals surface area contributed by atoms with Crippen molar-refractivity contribution in [2.75, 3.05) is 12.4 Å². The number of aromatic nitrogens is 1. The highest BCUT2D eigenvalue weighted by Gasteiger charge is 2.34. The van der Waals surface area contributed by atoms with Crippen LogP contribution in [0.4, 0.5) is 0 Å². The van der Waals surface area contributed by atoms with Crippen molar-refractivity contribution >= 4 is 52.5 Å². The third kappa shape index (κ3) is 5.12. The van der Waals surface area contributed by atoms with Crippen LogP contribution in [0.1, 0.15) is 37.8 Å². The Labute approximate surface area is 178 Å². The number of benzene rings is 2. The van der Waals surface area contributed by atoms with Gasteiger partial charge in [-0.3, -0.25) is 4.52 Å². The Balaban J connectivity index is 2.05. The first kappa shape index (κ1) is 21.7. The van der Waals surface area contributed by atoms with Gasteiger partial charge in [-0.25, -0.2) is 9.55 Å². The van der Waals surface area contributed by atoms with Crippen LogP contribution in [0.5, 0.6) is 0 Å². The Kier molecular flexibility index (Phi) is 7.48. The topological polar surface area (TPSA) is 61.6 Å². The molecule has 2 aromatic carbocycles. The molecule has 1 heterocycles. The number of oxazole rings is 1. The molecule has 2 unspecified atom stereocenters. The van der Waals surface area contributed by atoms with Gasteiger partial charge in [-0.1, -0.05) is 48.3 Å². The van der Waals surface area contributed by atoms with Crippen LogP contribution < -0.4 is 0 Å². The fourth-order valence-electron chi connectivity index (χ4n) is 2.51. The van der Waals surface area contributed by atoms with E-state index in [0.717, 1.165) is 17.8 Å². The van der Waals surface area contributed by atoms with Gasteiger partial charge in [0.25, 0.3) is 0 Å². The summed E-state index contributed by atoms with van der Waals surface area (Å²) in [7, 11) is 0. The maximum atomic E-state index is 13.3. The minimum atomic E-state index is -3.45. The first-order chi connectivity index (χ1) is 13.5. The van der Waals surface area contributed by atoms with E-state index < -0.39 is 12.9 Å². The van der Waals surface area contributed by atoms with Crippen molar-refractivity contribution in [2.24, 2.45) is 0 Å². The molecule has 0 saturated heterocycles. The third-order valence-electron chi connectivity index (χ3n) is 3.76. The second-order valence-electron chi connectivity index (χ2n) is 5.88. The Morgan fingerprint density at radius 2 is 1.96 bits per heavy atom. The Morgan fingerprint density at radius 3 is 2.64 bits per heavy atom. The lowest BCUT2D eigenvalue weighted by atomic mass is 10.1. The molecule has 0 bridgehead atoms. The van der Waals surface area contributed by atoms with Crippen LogP contribution >= 0.6 is 41.4 Å². The van der Waals surface area contributed by atoms with E-state index in [9.17, 15) is 4.57 Å². The second kappa shape index (κ2) is 9.66. The fraction of sp³-hybridized carbons (Fsp3) is 0.316. The molecule has 150 valence electrons.